The zero-order valence-electron chi connectivity index (χ0n) is 12.2. The van der Waals surface area contributed by atoms with Gasteiger partial charge in [0.15, 0.2) is 0 Å². The lowest BCUT2D eigenvalue weighted by molar-refractivity contribution is 0.268. The molecule has 1 heterocycles. The number of rotatable bonds is 5. The lowest BCUT2D eigenvalue weighted by atomic mass is 10.1. The van der Waals surface area contributed by atoms with E-state index in [2.05, 4.69) is 35.3 Å². The van der Waals surface area contributed by atoms with Gasteiger partial charge in [0.05, 0.1) is 7.11 Å². The van der Waals surface area contributed by atoms with Crippen molar-refractivity contribution < 1.29 is 4.74 Å². The van der Waals surface area contributed by atoms with Crippen LogP contribution in [0.2, 0.25) is 0 Å². The molecular weight excluding hydrogens is 236 g/mol. The summed E-state index contributed by atoms with van der Waals surface area (Å²) in [6, 6.07) is 9.08. The van der Waals surface area contributed by atoms with Crippen LogP contribution in [0.15, 0.2) is 24.3 Å². The average Bonchev–Trinajstić information content (AvgIpc) is 2.70. The molecule has 0 radical (unpaired) electrons. The van der Waals surface area contributed by atoms with Gasteiger partial charge in [-0.15, -0.1) is 0 Å². The van der Waals surface area contributed by atoms with E-state index in [-0.39, 0.29) is 0 Å². The summed E-state index contributed by atoms with van der Waals surface area (Å²) in [5.41, 5.74) is 1.37. The maximum Gasteiger partial charge on any atom is 0.119 e. The van der Waals surface area contributed by atoms with Gasteiger partial charge in [0.25, 0.3) is 0 Å². The van der Waals surface area contributed by atoms with Crippen molar-refractivity contribution >= 4 is 0 Å². The Balaban J connectivity index is 1.86. The van der Waals surface area contributed by atoms with Crippen molar-refractivity contribution in [1.29, 1.82) is 0 Å². The van der Waals surface area contributed by atoms with Crippen LogP contribution in [0.5, 0.6) is 5.75 Å². The number of nitrogens with one attached hydrogen (secondary N) is 1. The SMILES string of the molecule is CCC1CN(CCc2cccc(OC)c2)CCCN1. The first kappa shape index (κ1) is 14.4. The lowest BCUT2D eigenvalue weighted by Crippen LogP contribution is -2.37. The molecule has 2 rings (SSSR count). The number of methoxy groups -OCH3 is 1. The van der Waals surface area contributed by atoms with E-state index < -0.39 is 0 Å². The minimum Gasteiger partial charge on any atom is -0.497 e. The fourth-order valence-electron chi connectivity index (χ4n) is 2.67. The van der Waals surface area contributed by atoms with Gasteiger partial charge < -0.3 is 15.0 Å². The van der Waals surface area contributed by atoms with Gasteiger partial charge in [-0.3, -0.25) is 0 Å². The van der Waals surface area contributed by atoms with Gasteiger partial charge in [0.2, 0.25) is 0 Å². The highest BCUT2D eigenvalue weighted by molar-refractivity contribution is 5.28. The van der Waals surface area contributed by atoms with Crippen molar-refractivity contribution in [3.63, 3.8) is 0 Å². The topological polar surface area (TPSA) is 24.5 Å². The fourth-order valence-corrected chi connectivity index (χ4v) is 2.67. The van der Waals surface area contributed by atoms with Crippen LogP contribution >= 0.6 is 0 Å². The third-order valence-electron chi connectivity index (χ3n) is 3.91. The van der Waals surface area contributed by atoms with Crippen molar-refractivity contribution in [1.82, 2.24) is 10.2 Å². The number of hydrogen-bond acceptors (Lipinski definition) is 3. The quantitative estimate of drug-likeness (QED) is 0.881. The first-order valence-electron chi connectivity index (χ1n) is 7.40. The monoisotopic (exact) mass is 262 g/mol. The van der Waals surface area contributed by atoms with Crippen molar-refractivity contribution in [3.8, 4) is 5.75 Å². The van der Waals surface area contributed by atoms with Crippen molar-refractivity contribution in [2.45, 2.75) is 32.2 Å². The number of benzene rings is 1. The van der Waals surface area contributed by atoms with E-state index >= 15 is 0 Å². The van der Waals surface area contributed by atoms with Crippen molar-refractivity contribution in [3.05, 3.63) is 29.8 Å². The van der Waals surface area contributed by atoms with E-state index in [4.69, 9.17) is 4.74 Å². The second-order valence-corrected chi connectivity index (χ2v) is 5.31. The third kappa shape index (κ3) is 4.51. The summed E-state index contributed by atoms with van der Waals surface area (Å²) in [6.07, 6.45) is 3.58. The molecule has 0 aliphatic carbocycles. The summed E-state index contributed by atoms with van der Waals surface area (Å²) in [6.45, 7) is 6.97. The Morgan fingerprint density at radius 1 is 1.42 bits per heavy atom. The molecule has 1 aliphatic heterocycles. The van der Waals surface area contributed by atoms with E-state index in [0.717, 1.165) is 25.3 Å². The molecule has 0 aromatic heterocycles. The average molecular weight is 262 g/mol. The highest BCUT2D eigenvalue weighted by atomic mass is 16.5. The molecule has 1 aromatic rings. The van der Waals surface area contributed by atoms with Crippen LogP contribution in [0.25, 0.3) is 0 Å². The molecule has 1 fully saturated rings. The standard InChI is InChI=1S/C16H26N2O/c1-3-15-13-18(10-5-9-17-15)11-8-14-6-4-7-16(12-14)19-2/h4,6-7,12,15,17H,3,5,8-11,13H2,1-2H3. The number of ether oxygens (including phenoxy) is 1. The predicted octanol–water partition coefficient (Wildman–Crippen LogP) is 2.31. The fraction of sp³-hybridized carbons (Fsp3) is 0.625. The minimum atomic E-state index is 0.660. The molecular formula is C16H26N2O. The molecule has 0 saturated carbocycles. The Kier molecular flexibility index (Phi) is 5.67. The second kappa shape index (κ2) is 7.51. The molecule has 1 saturated heterocycles. The Bertz CT molecular complexity index is 381. The maximum atomic E-state index is 5.28. The van der Waals surface area contributed by atoms with Crippen LogP contribution in [0, 0.1) is 0 Å². The molecule has 1 unspecified atom stereocenters. The molecule has 0 spiro atoms. The van der Waals surface area contributed by atoms with Gasteiger partial charge in [-0.1, -0.05) is 19.1 Å². The molecule has 1 N–H and O–H groups in total. The summed E-state index contributed by atoms with van der Waals surface area (Å²) in [7, 11) is 1.73. The predicted molar refractivity (Wildman–Crippen MR) is 79.8 cm³/mol. The lowest BCUT2D eigenvalue weighted by Gasteiger charge is -2.23. The van der Waals surface area contributed by atoms with Crippen LogP contribution < -0.4 is 10.1 Å². The smallest absolute Gasteiger partial charge is 0.119 e. The molecule has 0 amide bonds. The van der Waals surface area contributed by atoms with Crippen LogP contribution in [0.3, 0.4) is 0 Å². The molecule has 1 atom stereocenters. The van der Waals surface area contributed by atoms with E-state index in [1.807, 2.05) is 6.07 Å². The van der Waals surface area contributed by atoms with Gasteiger partial charge in [0, 0.05) is 19.1 Å². The molecule has 3 nitrogen and oxygen atoms in total. The Labute approximate surface area is 116 Å². The number of hydrogen-bond donors (Lipinski definition) is 1. The Morgan fingerprint density at radius 2 is 2.32 bits per heavy atom. The highest BCUT2D eigenvalue weighted by Crippen LogP contribution is 2.14. The van der Waals surface area contributed by atoms with E-state index in [9.17, 15) is 0 Å². The summed E-state index contributed by atoms with van der Waals surface area (Å²) >= 11 is 0. The summed E-state index contributed by atoms with van der Waals surface area (Å²) in [4.78, 5) is 2.59. The normalized spacial score (nSPS) is 21.1. The molecule has 19 heavy (non-hydrogen) atoms. The van der Waals surface area contributed by atoms with Gasteiger partial charge in [-0.2, -0.15) is 0 Å². The maximum absolute atomic E-state index is 5.28. The van der Waals surface area contributed by atoms with Gasteiger partial charge >= 0.3 is 0 Å². The van der Waals surface area contributed by atoms with Gasteiger partial charge in [-0.05, 0) is 50.0 Å². The summed E-state index contributed by atoms with van der Waals surface area (Å²) in [5.74, 6) is 0.960. The molecule has 1 aromatic carbocycles. The zero-order chi connectivity index (χ0) is 13.5. The molecule has 0 bridgehead atoms. The summed E-state index contributed by atoms with van der Waals surface area (Å²) < 4.78 is 5.28. The molecule has 1 aliphatic rings. The Morgan fingerprint density at radius 3 is 3.11 bits per heavy atom. The zero-order valence-corrected chi connectivity index (χ0v) is 12.2. The van der Waals surface area contributed by atoms with Crippen molar-refractivity contribution in [2.75, 3.05) is 33.3 Å². The minimum absolute atomic E-state index is 0.660. The van der Waals surface area contributed by atoms with Crippen LogP contribution in [-0.2, 0) is 6.42 Å². The van der Waals surface area contributed by atoms with E-state index in [1.165, 1.54) is 31.5 Å². The largest absolute Gasteiger partial charge is 0.497 e. The van der Waals surface area contributed by atoms with E-state index in [1.54, 1.807) is 7.11 Å². The van der Waals surface area contributed by atoms with Crippen molar-refractivity contribution in [2.24, 2.45) is 0 Å². The van der Waals surface area contributed by atoms with Gasteiger partial charge in [-0.25, -0.2) is 0 Å². The van der Waals surface area contributed by atoms with Gasteiger partial charge in [0.1, 0.15) is 5.75 Å². The second-order valence-electron chi connectivity index (χ2n) is 5.31. The van der Waals surface area contributed by atoms with Crippen LogP contribution in [-0.4, -0.2) is 44.2 Å². The first-order valence-corrected chi connectivity index (χ1v) is 7.40. The molecule has 106 valence electrons. The number of nitrogens with zero attached hydrogens (tertiary/aromatic N) is 1. The van der Waals surface area contributed by atoms with E-state index in [0.29, 0.717) is 6.04 Å². The van der Waals surface area contributed by atoms with Crippen LogP contribution in [0.4, 0.5) is 0 Å². The summed E-state index contributed by atoms with van der Waals surface area (Å²) in [5, 5.41) is 3.62. The third-order valence-corrected chi connectivity index (χ3v) is 3.91. The first-order chi connectivity index (χ1) is 9.31. The molecule has 3 heteroatoms. The van der Waals surface area contributed by atoms with Crippen LogP contribution in [0.1, 0.15) is 25.3 Å². The highest BCUT2D eigenvalue weighted by Gasteiger charge is 2.15. The Hall–Kier alpha value is -1.06.